The van der Waals surface area contributed by atoms with Crippen LogP contribution < -0.4 is 0 Å². The highest BCUT2D eigenvalue weighted by Gasteiger charge is 2.23. The van der Waals surface area contributed by atoms with Crippen molar-refractivity contribution in [1.82, 2.24) is 9.80 Å². The molecule has 0 aliphatic carbocycles. The Bertz CT molecular complexity index is 392. The third-order valence-electron chi connectivity index (χ3n) is 3.14. The number of thioether (sulfide) groups is 1. The van der Waals surface area contributed by atoms with Gasteiger partial charge in [-0.25, -0.2) is 0 Å². The molecule has 0 saturated carbocycles. The van der Waals surface area contributed by atoms with Gasteiger partial charge >= 0.3 is 0 Å². The molecule has 18 heavy (non-hydrogen) atoms. The van der Waals surface area contributed by atoms with E-state index in [1.807, 2.05) is 0 Å². The molecule has 1 heterocycles. The van der Waals surface area contributed by atoms with E-state index in [2.05, 4.69) is 54.0 Å². The molecule has 2 rings (SSSR count). The van der Waals surface area contributed by atoms with Gasteiger partial charge in [-0.3, -0.25) is 4.90 Å². The van der Waals surface area contributed by atoms with Gasteiger partial charge in [-0.1, -0.05) is 54.3 Å². The molecule has 98 valence electrons. The first-order valence-electron chi connectivity index (χ1n) is 6.36. The van der Waals surface area contributed by atoms with Crippen LogP contribution in [0.15, 0.2) is 30.3 Å². The lowest BCUT2D eigenvalue weighted by Gasteiger charge is -2.39. The number of hydrogen-bond acceptors (Lipinski definition) is 3. The van der Waals surface area contributed by atoms with E-state index in [-0.39, 0.29) is 0 Å². The first-order chi connectivity index (χ1) is 8.66. The van der Waals surface area contributed by atoms with E-state index < -0.39 is 0 Å². The molecule has 1 aliphatic heterocycles. The third-order valence-corrected chi connectivity index (χ3v) is 4.70. The van der Waals surface area contributed by atoms with Crippen molar-refractivity contribution in [3.63, 3.8) is 0 Å². The van der Waals surface area contributed by atoms with Crippen LogP contribution >= 0.6 is 24.0 Å². The Morgan fingerprint density at radius 3 is 2.67 bits per heavy atom. The van der Waals surface area contributed by atoms with Crippen LogP contribution in [0.25, 0.3) is 0 Å². The summed E-state index contributed by atoms with van der Waals surface area (Å²) < 4.78 is 1.04. The summed E-state index contributed by atoms with van der Waals surface area (Å²) in [6.45, 7) is 6.47. The van der Waals surface area contributed by atoms with Crippen molar-refractivity contribution < 1.29 is 0 Å². The van der Waals surface area contributed by atoms with E-state index in [1.165, 1.54) is 5.56 Å². The summed E-state index contributed by atoms with van der Waals surface area (Å²) in [6, 6.07) is 11.2. The average molecular weight is 280 g/mol. The zero-order valence-corrected chi connectivity index (χ0v) is 12.6. The smallest absolute Gasteiger partial charge is 0.138 e. The molecule has 0 bridgehead atoms. The summed E-state index contributed by atoms with van der Waals surface area (Å²) in [7, 11) is 0. The summed E-state index contributed by atoms with van der Waals surface area (Å²) in [5, 5.41) is 0. The average Bonchev–Trinajstić information content (AvgIpc) is 2.38. The van der Waals surface area contributed by atoms with E-state index in [4.69, 9.17) is 12.2 Å². The molecule has 1 aliphatic rings. The maximum absolute atomic E-state index is 5.40. The van der Waals surface area contributed by atoms with Crippen molar-refractivity contribution in [1.29, 1.82) is 0 Å². The fourth-order valence-corrected chi connectivity index (χ4v) is 3.35. The Labute approximate surface area is 119 Å². The second-order valence-corrected chi connectivity index (χ2v) is 6.45. The molecule has 0 unspecified atom stereocenters. The van der Waals surface area contributed by atoms with Crippen molar-refractivity contribution in [2.24, 2.45) is 0 Å². The lowest BCUT2D eigenvalue weighted by Crippen LogP contribution is -2.48. The lowest BCUT2D eigenvalue weighted by atomic mass is 10.1. The van der Waals surface area contributed by atoms with Gasteiger partial charge in [0, 0.05) is 12.6 Å². The topological polar surface area (TPSA) is 6.48 Å². The van der Waals surface area contributed by atoms with E-state index >= 15 is 0 Å². The zero-order chi connectivity index (χ0) is 13.0. The molecule has 0 N–H and O–H groups in total. The minimum absolute atomic E-state index is 0.490. The Morgan fingerprint density at radius 2 is 2.00 bits per heavy atom. The quantitative estimate of drug-likeness (QED) is 0.781. The molecule has 0 radical (unpaired) electrons. The summed E-state index contributed by atoms with van der Waals surface area (Å²) >= 11 is 7.18. The predicted molar refractivity (Wildman–Crippen MR) is 83.8 cm³/mol. The molecule has 2 nitrogen and oxygen atoms in total. The first kappa shape index (κ1) is 13.8. The molecule has 1 aromatic carbocycles. The number of thiocarbonyl (C=S) groups is 1. The first-order valence-corrected chi connectivity index (χ1v) is 7.76. The van der Waals surface area contributed by atoms with Gasteiger partial charge in [0.2, 0.25) is 0 Å². The highest BCUT2D eigenvalue weighted by molar-refractivity contribution is 8.22. The summed E-state index contributed by atoms with van der Waals surface area (Å²) in [6.07, 6.45) is 1.11. The van der Waals surface area contributed by atoms with Crippen LogP contribution in [0.4, 0.5) is 0 Å². The van der Waals surface area contributed by atoms with Crippen LogP contribution in [0.2, 0.25) is 0 Å². The Kier molecular flexibility index (Phi) is 5.03. The van der Waals surface area contributed by atoms with Gasteiger partial charge in [-0.2, -0.15) is 0 Å². The molecule has 0 aromatic heterocycles. The number of rotatable bonds is 4. The lowest BCUT2D eigenvalue weighted by molar-refractivity contribution is 0.190. The normalized spacial score (nSPS) is 17.5. The maximum Gasteiger partial charge on any atom is 0.138 e. The van der Waals surface area contributed by atoms with Crippen molar-refractivity contribution in [2.75, 3.05) is 19.1 Å². The van der Waals surface area contributed by atoms with Crippen molar-refractivity contribution in [3.05, 3.63) is 35.9 Å². The molecular weight excluding hydrogens is 260 g/mol. The molecule has 1 fully saturated rings. The van der Waals surface area contributed by atoms with Crippen LogP contribution in [0, 0.1) is 0 Å². The van der Waals surface area contributed by atoms with Crippen molar-refractivity contribution in [3.8, 4) is 0 Å². The van der Waals surface area contributed by atoms with Crippen molar-refractivity contribution in [2.45, 2.75) is 26.3 Å². The Balaban J connectivity index is 1.85. The molecule has 1 aromatic rings. The maximum atomic E-state index is 5.40. The summed E-state index contributed by atoms with van der Waals surface area (Å²) in [5.41, 5.74) is 1.41. The van der Waals surface area contributed by atoms with E-state index in [9.17, 15) is 0 Å². The molecule has 0 atom stereocenters. The van der Waals surface area contributed by atoms with Crippen LogP contribution in [-0.4, -0.2) is 39.3 Å². The minimum atomic E-state index is 0.490. The van der Waals surface area contributed by atoms with E-state index in [0.717, 1.165) is 29.8 Å². The van der Waals surface area contributed by atoms with Crippen LogP contribution in [0.1, 0.15) is 19.4 Å². The fraction of sp³-hybridized carbons (Fsp3) is 0.500. The van der Waals surface area contributed by atoms with Gasteiger partial charge in [0.1, 0.15) is 4.32 Å². The second kappa shape index (κ2) is 6.55. The Hall–Kier alpha value is -0.580. The SMILES string of the molecule is CC(C)N1CN(CCc2ccccc2)CSC1=S. The summed E-state index contributed by atoms with van der Waals surface area (Å²) in [5.74, 6) is 1.02. The van der Waals surface area contributed by atoms with Gasteiger partial charge in [0.25, 0.3) is 0 Å². The molecule has 0 amide bonds. The van der Waals surface area contributed by atoms with Crippen molar-refractivity contribution >= 4 is 28.3 Å². The minimum Gasteiger partial charge on any atom is -0.342 e. The Morgan fingerprint density at radius 1 is 1.28 bits per heavy atom. The number of benzene rings is 1. The molecule has 1 saturated heterocycles. The highest BCUT2D eigenvalue weighted by atomic mass is 32.2. The predicted octanol–water partition coefficient (Wildman–Crippen LogP) is 3.19. The second-order valence-electron chi connectivity index (χ2n) is 4.87. The van der Waals surface area contributed by atoms with E-state index in [0.29, 0.717) is 6.04 Å². The molecule has 0 spiro atoms. The van der Waals surface area contributed by atoms with Gasteiger partial charge in [0.05, 0.1) is 12.5 Å². The van der Waals surface area contributed by atoms with Crippen LogP contribution in [0.3, 0.4) is 0 Å². The van der Waals surface area contributed by atoms with Gasteiger partial charge in [0.15, 0.2) is 0 Å². The standard InChI is InChI=1S/C14H20N2S2/c1-12(2)16-10-15(11-18-14(16)17)9-8-13-6-4-3-5-7-13/h3-7,12H,8-11H2,1-2H3. The van der Waals surface area contributed by atoms with Gasteiger partial charge in [-0.05, 0) is 25.8 Å². The zero-order valence-electron chi connectivity index (χ0n) is 11.0. The largest absolute Gasteiger partial charge is 0.342 e. The van der Waals surface area contributed by atoms with E-state index in [1.54, 1.807) is 11.8 Å². The third kappa shape index (κ3) is 3.70. The highest BCUT2D eigenvalue weighted by Crippen LogP contribution is 2.20. The molecular formula is C14H20N2S2. The number of nitrogens with zero attached hydrogens (tertiary/aromatic N) is 2. The molecule has 4 heteroatoms. The summed E-state index contributed by atoms with van der Waals surface area (Å²) in [4.78, 5) is 4.77. The van der Waals surface area contributed by atoms with Crippen LogP contribution in [0.5, 0.6) is 0 Å². The van der Waals surface area contributed by atoms with Gasteiger partial charge in [-0.15, -0.1) is 0 Å². The van der Waals surface area contributed by atoms with Gasteiger partial charge < -0.3 is 4.90 Å². The monoisotopic (exact) mass is 280 g/mol. The van der Waals surface area contributed by atoms with Crippen LogP contribution in [-0.2, 0) is 6.42 Å². The fourth-order valence-electron chi connectivity index (χ4n) is 1.98. The number of hydrogen-bond donors (Lipinski definition) is 0.